The zero-order valence-electron chi connectivity index (χ0n) is 13.1. The van der Waals surface area contributed by atoms with Crippen LogP contribution in [0.3, 0.4) is 0 Å². The lowest BCUT2D eigenvalue weighted by Crippen LogP contribution is -2.41. The lowest BCUT2D eigenvalue weighted by molar-refractivity contribution is -0.254. The molecule has 1 atom stereocenters. The molecule has 2 aromatic rings. The molecule has 1 aromatic heterocycles. The molecule has 1 N–H and O–H groups in total. The Morgan fingerprint density at radius 1 is 1.15 bits per heavy atom. The van der Waals surface area contributed by atoms with E-state index in [0.29, 0.717) is 0 Å². The second-order valence-corrected chi connectivity index (χ2v) is 6.92. The van der Waals surface area contributed by atoms with E-state index in [-0.39, 0.29) is 37.6 Å². The van der Waals surface area contributed by atoms with Gasteiger partial charge in [-0.1, -0.05) is 34.8 Å². The maximum Gasteiger partial charge on any atom is 0.425 e. The van der Waals surface area contributed by atoms with Crippen LogP contribution in [0.1, 0.15) is 21.6 Å². The van der Waals surface area contributed by atoms with Crippen molar-refractivity contribution in [2.75, 3.05) is 6.61 Å². The van der Waals surface area contributed by atoms with Crippen molar-refractivity contribution < 1.29 is 27.8 Å². The quantitative estimate of drug-likeness (QED) is 0.633. The monoisotopic (exact) mass is 437 g/mol. The summed E-state index contributed by atoms with van der Waals surface area (Å²) in [6.07, 6.45) is -3.94. The summed E-state index contributed by atoms with van der Waals surface area (Å²) in [6, 6.07) is 5.98. The minimum absolute atomic E-state index is 0.0264. The Balaban J connectivity index is 2.12. The number of aromatic nitrogens is 1. The van der Waals surface area contributed by atoms with Crippen molar-refractivity contribution in [2.24, 2.45) is 0 Å². The molecule has 2 heterocycles. The van der Waals surface area contributed by atoms with Gasteiger partial charge in [0.2, 0.25) is 5.60 Å². The van der Waals surface area contributed by atoms with E-state index in [4.69, 9.17) is 44.6 Å². The predicted molar refractivity (Wildman–Crippen MR) is 94.3 cm³/mol. The molecule has 1 aliphatic rings. The highest BCUT2D eigenvalue weighted by Crippen LogP contribution is 2.49. The number of pyridine rings is 1. The SMILES string of the molecule is O=C(O)c1ccc(C2=CC(c3cc(Cl)cc(Cl)c3)(C(F)(F)F)OC2)nc1Cl. The van der Waals surface area contributed by atoms with Crippen molar-refractivity contribution in [1.29, 1.82) is 0 Å². The van der Waals surface area contributed by atoms with Gasteiger partial charge >= 0.3 is 12.1 Å². The van der Waals surface area contributed by atoms with E-state index in [9.17, 15) is 18.0 Å². The van der Waals surface area contributed by atoms with Crippen molar-refractivity contribution in [3.8, 4) is 0 Å². The molecule has 1 aromatic carbocycles. The van der Waals surface area contributed by atoms with Crippen LogP contribution in [0.5, 0.6) is 0 Å². The van der Waals surface area contributed by atoms with Gasteiger partial charge in [-0.2, -0.15) is 13.2 Å². The molecule has 0 amide bonds. The number of carboxylic acid groups (broad SMARTS) is 1. The molecule has 3 rings (SSSR count). The summed E-state index contributed by atoms with van der Waals surface area (Å²) < 4.78 is 46.9. The molecular weight excluding hydrogens is 430 g/mol. The standard InChI is InChI=1S/C17H9Cl3F3NO3/c18-10-3-9(4-11(19)5-10)16(17(21,22)23)6-8(7-27-16)13-2-1-12(15(25)26)14(20)24-13/h1-6H,7H2,(H,25,26). The molecule has 0 saturated heterocycles. The number of benzene rings is 1. The Kier molecular flexibility index (Phi) is 5.16. The summed E-state index contributed by atoms with van der Waals surface area (Å²) >= 11 is 17.5. The van der Waals surface area contributed by atoms with Gasteiger partial charge in [0.1, 0.15) is 5.15 Å². The molecule has 0 radical (unpaired) electrons. The van der Waals surface area contributed by atoms with Crippen LogP contribution < -0.4 is 0 Å². The summed E-state index contributed by atoms with van der Waals surface area (Å²) in [6.45, 7) is -0.417. The average Bonchev–Trinajstić information content (AvgIpc) is 3.00. The van der Waals surface area contributed by atoms with Crippen molar-refractivity contribution in [3.05, 3.63) is 68.4 Å². The van der Waals surface area contributed by atoms with Gasteiger partial charge in [0, 0.05) is 15.6 Å². The first-order valence-corrected chi connectivity index (χ1v) is 8.46. The Morgan fingerprint density at radius 3 is 2.30 bits per heavy atom. The smallest absolute Gasteiger partial charge is 0.425 e. The van der Waals surface area contributed by atoms with Gasteiger partial charge < -0.3 is 9.84 Å². The highest BCUT2D eigenvalue weighted by Gasteiger charge is 2.58. The van der Waals surface area contributed by atoms with Crippen molar-refractivity contribution in [2.45, 2.75) is 11.8 Å². The fraction of sp³-hybridized carbons (Fsp3) is 0.176. The van der Waals surface area contributed by atoms with Gasteiger partial charge in [0.25, 0.3) is 0 Å². The third-order valence-electron chi connectivity index (χ3n) is 3.95. The Hall–Kier alpha value is -1.80. The molecule has 142 valence electrons. The molecule has 1 aliphatic heterocycles. The fourth-order valence-corrected chi connectivity index (χ4v) is 3.46. The number of rotatable bonds is 3. The minimum Gasteiger partial charge on any atom is -0.478 e. The minimum atomic E-state index is -4.81. The van der Waals surface area contributed by atoms with E-state index < -0.39 is 24.4 Å². The molecule has 0 fully saturated rings. The molecule has 1 unspecified atom stereocenters. The number of hydrogen-bond acceptors (Lipinski definition) is 3. The zero-order valence-corrected chi connectivity index (χ0v) is 15.4. The number of hydrogen-bond donors (Lipinski definition) is 1. The summed E-state index contributed by atoms with van der Waals surface area (Å²) in [5.74, 6) is -1.30. The lowest BCUT2D eigenvalue weighted by atomic mass is 9.91. The highest BCUT2D eigenvalue weighted by molar-refractivity contribution is 6.34. The van der Waals surface area contributed by atoms with E-state index in [0.717, 1.165) is 24.3 Å². The van der Waals surface area contributed by atoms with Gasteiger partial charge in [-0.3, -0.25) is 0 Å². The summed E-state index contributed by atoms with van der Waals surface area (Å²) in [5, 5.41) is 8.69. The van der Waals surface area contributed by atoms with Crippen LogP contribution in [0.15, 0.2) is 36.4 Å². The molecule has 27 heavy (non-hydrogen) atoms. The van der Waals surface area contributed by atoms with Crippen LogP contribution in [-0.4, -0.2) is 28.8 Å². The maximum absolute atomic E-state index is 13.9. The third kappa shape index (κ3) is 3.65. The molecule has 0 spiro atoms. The van der Waals surface area contributed by atoms with Crippen LogP contribution >= 0.6 is 34.8 Å². The van der Waals surface area contributed by atoms with Gasteiger partial charge in [0.05, 0.1) is 17.9 Å². The second kappa shape index (κ2) is 6.98. The number of aromatic carboxylic acids is 1. The predicted octanol–water partition coefficient (Wildman–Crippen LogP) is 5.61. The van der Waals surface area contributed by atoms with Crippen molar-refractivity contribution >= 4 is 46.3 Å². The Labute approximate surface area is 166 Å². The Bertz CT molecular complexity index is 942. The summed E-state index contributed by atoms with van der Waals surface area (Å²) in [4.78, 5) is 14.9. The molecule has 0 bridgehead atoms. The zero-order chi connectivity index (χ0) is 20.0. The van der Waals surface area contributed by atoms with E-state index >= 15 is 0 Å². The molecule has 10 heteroatoms. The molecular formula is C17H9Cl3F3NO3. The van der Waals surface area contributed by atoms with E-state index in [1.54, 1.807) is 0 Å². The molecule has 0 aliphatic carbocycles. The average molecular weight is 439 g/mol. The number of carbonyl (C=O) groups is 1. The summed E-state index contributed by atoms with van der Waals surface area (Å²) in [5.41, 5.74) is -3.14. The number of alkyl halides is 3. The summed E-state index contributed by atoms with van der Waals surface area (Å²) in [7, 11) is 0. The van der Waals surface area contributed by atoms with Crippen molar-refractivity contribution in [3.63, 3.8) is 0 Å². The van der Waals surface area contributed by atoms with Gasteiger partial charge in [-0.25, -0.2) is 9.78 Å². The van der Waals surface area contributed by atoms with Crippen LogP contribution in [-0.2, 0) is 10.3 Å². The number of ether oxygens (including phenoxy) is 1. The van der Waals surface area contributed by atoms with Crippen LogP contribution in [0.4, 0.5) is 13.2 Å². The normalized spacial score (nSPS) is 19.9. The fourth-order valence-electron chi connectivity index (χ4n) is 2.70. The second-order valence-electron chi connectivity index (χ2n) is 5.69. The molecule has 4 nitrogen and oxygen atoms in total. The van der Waals surface area contributed by atoms with Crippen LogP contribution in [0.25, 0.3) is 5.57 Å². The number of halogens is 6. The molecule has 0 saturated carbocycles. The van der Waals surface area contributed by atoms with Crippen LogP contribution in [0.2, 0.25) is 15.2 Å². The maximum atomic E-state index is 13.9. The van der Waals surface area contributed by atoms with E-state index in [2.05, 4.69) is 4.98 Å². The first-order valence-electron chi connectivity index (χ1n) is 7.33. The number of carboxylic acids is 1. The highest BCUT2D eigenvalue weighted by atomic mass is 35.5. The van der Waals surface area contributed by atoms with Gasteiger partial charge in [-0.05, 0) is 42.0 Å². The lowest BCUT2D eigenvalue weighted by Gasteiger charge is -2.30. The van der Waals surface area contributed by atoms with Crippen molar-refractivity contribution in [1.82, 2.24) is 4.98 Å². The van der Waals surface area contributed by atoms with E-state index in [1.807, 2.05) is 0 Å². The van der Waals surface area contributed by atoms with E-state index in [1.165, 1.54) is 12.1 Å². The topological polar surface area (TPSA) is 59.4 Å². The largest absolute Gasteiger partial charge is 0.478 e. The Morgan fingerprint density at radius 2 is 1.78 bits per heavy atom. The van der Waals surface area contributed by atoms with Gasteiger partial charge in [-0.15, -0.1) is 0 Å². The van der Waals surface area contributed by atoms with Gasteiger partial charge in [0.15, 0.2) is 0 Å². The first-order chi connectivity index (χ1) is 12.5. The van der Waals surface area contributed by atoms with Crippen LogP contribution in [0, 0.1) is 0 Å². The number of nitrogens with zero attached hydrogens (tertiary/aromatic N) is 1. The first kappa shape index (κ1) is 19.9. The third-order valence-corrected chi connectivity index (χ3v) is 4.68.